The molecule has 0 radical (unpaired) electrons. The Labute approximate surface area is 147 Å². The summed E-state index contributed by atoms with van der Waals surface area (Å²) < 4.78 is 1.40. The Morgan fingerprint density at radius 1 is 1.19 bits per heavy atom. The molecule has 128 valence electrons. The number of rotatable bonds is 3. The van der Waals surface area contributed by atoms with Gasteiger partial charge in [-0.2, -0.15) is 0 Å². The minimum absolute atomic E-state index is 0.0441. The Bertz CT molecular complexity index is 1190. The van der Waals surface area contributed by atoms with Crippen LogP contribution in [-0.2, 0) is 0 Å². The lowest BCUT2D eigenvalue weighted by molar-refractivity contribution is 0.0997. The molecule has 0 aliphatic heterocycles. The lowest BCUT2D eigenvalue weighted by Crippen LogP contribution is -2.15. The lowest BCUT2D eigenvalue weighted by atomic mass is 10.2. The van der Waals surface area contributed by atoms with Gasteiger partial charge in [-0.05, 0) is 36.8 Å². The summed E-state index contributed by atoms with van der Waals surface area (Å²) in [5.41, 5.74) is 7.72. The molecule has 0 saturated carbocycles. The second kappa shape index (κ2) is 5.92. The van der Waals surface area contributed by atoms with Crippen molar-refractivity contribution in [3.05, 3.63) is 70.5 Å². The van der Waals surface area contributed by atoms with Gasteiger partial charge < -0.3 is 10.7 Å². The first kappa shape index (κ1) is 15.7. The average molecular weight is 346 g/mol. The molecule has 0 spiro atoms. The molecule has 4 rings (SSSR count). The van der Waals surface area contributed by atoms with Gasteiger partial charge in [0.25, 0.3) is 5.91 Å². The minimum Gasteiger partial charge on any atom is -0.364 e. The van der Waals surface area contributed by atoms with Crippen LogP contribution in [0.3, 0.4) is 0 Å². The van der Waals surface area contributed by atoms with Gasteiger partial charge in [0.1, 0.15) is 5.52 Å². The first-order chi connectivity index (χ1) is 12.5. The second-order valence-electron chi connectivity index (χ2n) is 5.80. The van der Waals surface area contributed by atoms with Crippen molar-refractivity contribution in [3.8, 4) is 17.1 Å². The highest BCUT2D eigenvalue weighted by Crippen LogP contribution is 2.21. The Morgan fingerprint density at radius 3 is 2.73 bits per heavy atom. The molecule has 4 aromatic rings. The van der Waals surface area contributed by atoms with Gasteiger partial charge in [0.05, 0.1) is 5.69 Å². The standard InChI is InChI=1S/C18H14N6O2/c1-10-4-2-6-12(8-10)24-17-14(22-18(24)26)13(15(19)25)21-16(23-17)11-5-3-7-20-9-11/h2-9H,1H3,(H2,19,25)(H,22,26). The quantitative estimate of drug-likeness (QED) is 0.583. The summed E-state index contributed by atoms with van der Waals surface area (Å²) in [6.45, 7) is 1.92. The zero-order chi connectivity index (χ0) is 18.3. The highest BCUT2D eigenvalue weighted by Gasteiger charge is 2.20. The molecule has 3 heterocycles. The van der Waals surface area contributed by atoms with E-state index in [-0.39, 0.29) is 22.7 Å². The van der Waals surface area contributed by atoms with Crippen LogP contribution in [0.25, 0.3) is 28.2 Å². The predicted molar refractivity (Wildman–Crippen MR) is 96.0 cm³/mol. The third-order valence-corrected chi connectivity index (χ3v) is 3.95. The van der Waals surface area contributed by atoms with Crippen LogP contribution < -0.4 is 11.4 Å². The largest absolute Gasteiger partial charge is 0.364 e. The molecule has 8 nitrogen and oxygen atoms in total. The number of carbonyl (C=O) groups is 1. The fraction of sp³-hybridized carbons (Fsp3) is 0.0556. The second-order valence-corrected chi connectivity index (χ2v) is 5.80. The van der Waals surface area contributed by atoms with E-state index in [4.69, 9.17) is 5.73 Å². The number of carbonyl (C=O) groups excluding carboxylic acids is 1. The first-order valence-corrected chi connectivity index (χ1v) is 7.84. The number of H-pyrrole nitrogens is 1. The molecule has 3 aromatic heterocycles. The number of aromatic nitrogens is 5. The van der Waals surface area contributed by atoms with Gasteiger partial charge in [0.15, 0.2) is 17.2 Å². The van der Waals surface area contributed by atoms with Crippen LogP contribution in [0.2, 0.25) is 0 Å². The minimum atomic E-state index is -0.750. The third kappa shape index (κ3) is 2.53. The molecule has 26 heavy (non-hydrogen) atoms. The molecule has 8 heteroatoms. The number of benzene rings is 1. The van der Waals surface area contributed by atoms with Crippen LogP contribution in [0.15, 0.2) is 53.6 Å². The summed E-state index contributed by atoms with van der Waals surface area (Å²) >= 11 is 0. The fourth-order valence-electron chi connectivity index (χ4n) is 2.79. The molecule has 0 aliphatic carbocycles. The van der Waals surface area contributed by atoms with E-state index in [0.717, 1.165) is 5.56 Å². The van der Waals surface area contributed by atoms with Gasteiger partial charge in [0, 0.05) is 18.0 Å². The number of nitrogens with zero attached hydrogens (tertiary/aromatic N) is 4. The first-order valence-electron chi connectivity index (χ1n) is 7.84. The van der Waals surface area contributed by atoms with Gasteiger partial charge in [-0.15, -0.1) is 0 Å². The zero-order valence-corrected chi connectivity index (χ0v) is 13.8. The van der Waals surface area contributed by atoms with Crippen LogP contribution >= 0.6 is 0 Å². The lowest BCUT2D eigenvalue weighted by Gasteiger charge is -2.07. The van der Waals surface area contributed by atoms with Crippen molar-refractivity contribution >= 4 is 17.1 Å². The molecule has 1 amide bonds. The molecule has 1 aromatic carbocycles. The fourth-order valence-corrected chi connectivity index (χ4v) is 2.79. The summed E-state index contributed by atoms with van der Waals surface area (Å²) in [5, 5.41) is 0. The van der Waals surface area contributed by atoms with Crippen molar-refractivity contribution in [2.24, 2.45) is 5.73 Å². The van der Waals surface area contributed by atoms with Crippen molar-refractivity contribution in [2.45, 2.75) is 6.92 Å². The molecule has 0 saturated heterocycles. The van der Waals surface area contributed by atoms with Gasteiger partial charge in [-0.25, -0.2) is 19.3 Å². The molecule has 0 fully saturated rings. The highest BCUT2D eigenvalue weighted by molar-refractivity contribution is 6.02. The number of nitrogens with two attached hydrogens (primary N) is 1. The van der Waals surface area contributed by atoms with Crippen LogP contribution in [-0.4, -0.2) is 30.4 Å². The van der Waals surface area contributed by atoms with Crippen LogP contribution in [0.1, 0.15) is 16.1 Å². The van der Waals surface area contributed by atoms with Gasteiger partial charge in [-0.1, -0.05) is 12.1 Å². The topological polar surface area (TPSA) is 120 Å². The van der Waals surface area contributed by atoms with E-state index in [1.807, 2.05) is 25.1 Å². The summed E-state index contributed by atoms with van der Waals surface area (Å²) in [7, 11) is 0. The van der Waals surface area contributed by atoms with E-state index in [1.54, 1.807) is 30.6 Å². The highest BCUT2D eigenvalue weighted by atomic mass is 16.2. The van der Waals surface area contributed by atoms with E-state index < -0.39 is 11.6 Å². The maximum Gasteiger partial charge on any atom is 0.332 e. The summed E-state index contributed by atoms with van der Waals surface area (Å²) in [6.07, 6.45) is 3.20. The number of aromatic amines is 1. The summed E-state index contributed by atoms with van der Waals surface area (Å²) in [5.74, 6) is -0.486. The molecule has 0 bridgehead atoms. The number of primary amides is 1. The maximum atomic E-state index is 12.5. The van der Waals surface area contributed by atoms with Crippen molar-refractivity contribution < 1.29 is 4.79 Å². The van der Waals surface area contributed by atoms with Crippen molar-refractivity contribution in [2.75, 3.05) is 0 Å². The summed E-state index contributed by atoms with van der Waals surface area (Å²) in [6, 6.07) is 10.9. The van der Waals surface area contributed by atoms with Crippen molar-refractivity contribution in [1.82, 2.24) is 24.5 Å². The molecule has 3 N–H and O–H groups in total. The van der Waals surface area contributed by atoms with E-state index in [2.05, 4.69) is 19.9 Å². The van der Waals surface area contributed by atoms with E-state index in [9.17, 15) is 9.59 Å². The number of pyridine rings is 1. The Kier molecular flexibility index (Phi) is 3.58. The van der Waals surface area contributed by atoms with Crippen LogP contribution in [0.4, 0.5) is 0 Å². The van der Waals surface area contributed by atoms with Gasteiger partial charge >= 0.3 is 5.69 Å². The molecule has 0 atom stereocenters. The Morgan fingerprint density at radius 2 is 2.04 bits per heavy atom. The van der Waals surface area contributed by atoms with Crippen LogP contribution in [0, 0.1) is 6.92 Å². The number of imidazole rings is 1. The Hall–Kier alpha value is -3.81. The number of nitrogens with one attached hydrogen (secondary N) is 1. The Balaban J connectivity index is 2.08. The zero-order valence-electron chi connectivity index (χ0n) is 13.8. The summed E-state index contributed by atoms with van der Waals surface area (Å²) in [4.78, 5) is 39.8. The number of hydrogen-bond donors (Lipinski definition) is 2. The van der Waals surface area contributed by atoms with Crippen molar-refractivity contribution in [3.63, 3.8) is 0 Å². The van der Waals surface area contributed by atoms with E-state index >= 15 is 0 Å². The smallest absolute Gasteiger partial charge is 0.332 e. The molecule has 0 aliphatic rings. The van der Waals surface area contributed by atoms with E-state index in [1.165, 1.54) is 4.57 Å². The number of amides is 1. The SMILES string of the molecule is Cc1cccc(-n2c(=O)[nH]c3c(C(N)=O)nc(-c4cccnc4)nc32)c1. The van der Waals surface area contributed by atoms with Crippen molar-refractivity contribution in [1.29, 1.82) is 0 Å². The third-order valence-electron chi connectivity index (χ3n) is 3.95. The van der Waals surface area contributed by atoms with Gasteiger partial charge in [0.2, 0.25) is 0 Å². The molecular weight excluding hydrogens is 332 g/mol. The molecule has 0 unspecified atom stereocenters. The monoisotopic (exact) mass is 346 g/mol. The number of hydrogen-bond acceptors (Lipinski definition) is 5. The normalized spacial score (nSPS) is 11.0. The van der Waals surface area contributed by atoms with Crippen LogP contribution in [0.5, 0.6) is 0 Å². The average Bonchev–Trinajstić information content (AvgIpc) is 2.97. The maximum absolute atomic E-state index is 12.5. The predicted octanol–water partition coefficient (Wildman–Crippen LogP) is 1.58. The number of fused-ring (bicyclic) bond motifs is 1. The van der Waals surface area contributed by atoms with Gasteiger partial charge in [-0.3, -0.25) is 9.78 Å². The molecular formula is C18H14N6O2. The number of aryl methyl sites for hydroxylation is 1. The van der Waals surface area contributed by atoms with E-state index in [0.29, 0.717) is 11.3 Å².